The van der Waals surface area contributed by atoms with Crippen LogP contribution in [0.1, 0.15) is 44.3 Å². The molecule has 1 fully saturated rings. The zero-order valence-corrected chi connectivity index (χ0v) is 13.1. The molecule has 0 aliphatic heterocycles. The third kappa shape index (κ3) is 2.35. The first-order valence-corrected chi connectivity index (χ1v) is 8.76. The fraction of sp³-hybridized carbons (Fsp3) is 0.615. The van der Waals surface area contributed by atoms with Crippen molar-refractivity contribution in [2.24, 2.45) is 5.92 Å². The van der Waals surface area contributed by atoms with E-state index in [0.29, 0.717) is 27.7 Å². The quantitative estimate of drug-likeness (QED) is 0.874. The summed E-state index contributed by atoms with van der Waals surface area (Å²) < 4.78 is 13.3. The number of hydrogen-bond acceptors (Lipinski definition) is 4. The molecule has 0 aromatic carbocycles. The molecule has 0 spiro atoms. The highest BCUT2D eigenvalue weighted by atomic mass is 35.5. The Morgan fingerprint density at radius 3 is 2.80 bits per heavy atom. The summed E-state index contributed by atoms with van der Waals surface area (Å²) in [4.78, 5) is 8.54. The second kappa shape index (κ2) is 5.41. The third-order valence-corrected chi connectivity index (χ3v) is 5.10. The number of aromatic nitrogens is 4. The lowest BCUT2D eigenvalue weighted by atomic mass is 9.92. The van der Waals surface area contributed by atoms with Gasteiger partial charge in [-0.3, -0.25) is 4.21 Å². The minimum absolute atomic E-state index is 0.297. The normalized spacial score (nSPS) is 19.6. The first kappa shape index (κ1) is 13.9. The van der Waals surface area contributed by atoms with Crippen molar-refractivity contribution in [3.8, 4) is 0 Å². The molecule has 5 nitrogen and oxygen atoms in total. The molecule has 2 aromatic rings. The van der Waals surface area contributed by atoms with Gasteiger partial charge in [-0.2, -0.15) is 0 Å². The van der Waals surface area contributed by atoms with E-state index in [2.05, 4.69) is 22.0 Å². The third-order valence-electron chi connectivity index (χ3n) is 4.12. The molecule has 2 heterocycles. The van der Waals surface area contributed by atoms with Gasteiger partial charge in [0.15, 0.2) is 5.15 Å². The summed E-state index contributed by atoms with van der Waals surface area (Å²) in [5.74, 6) is 1.78. The molecule has 2 aromatic heterocycles. The van der Waals surface area contributed by atoms with Crippen LogP contribution in [-0.2, 0) is 10.8 Å². The van der Waals surface area contributed by atoms with Gasteiger partial charge in [-0.1, -0.05) is 31.4 Å². The molecule has 20 heavy (non-hydrogen) atoms. The maximum atomic E-state index is 11.6. The number of halogens is 1. The van der Waals surface area contributed by atoms with Crippen LogP contribution in [0.25, 0.3) is 5.52 Å². The number of nitrogens with zero attached hydrogens (tertiary/aromatic N) is 4. The molecule has 0 radical (unpaired) electrons. The minimum atomic E-state index is -1.21. The van der Waals surface area contributed by atoms with Crippen LogP contribution >= 0.6 is 11.6 Å². The standard InChI is InChI=1S/C13H17ClN4OS/c1-8(9-5-3-4-6-9)12-16-11(14)10-7-15-13(20(2)19)17-18(10)12/h7-9H,3-6H2,1-2H3. The maximum absolute atomic E-state index is 11.6. The van der Waals surface area contributed by atoms with Crippen LogP contribution in [0, 0.1) is 5.92 Å². The Hall–Kier alpha value is -1.01. The highest BCUT2D eigenvalue weighted by Gasteiger charge is 2.27. The molecule has 0 bridgehead atoms. The zero-order valence-electron chi connectivity index (χ0n) is 11.5. The SMILES string of the molecule is CC(c1nc(Cl)c2cnc(S(C)=O)nn12)C1CCCC1. The van der Waals surface area contributed by atoms with Crippen molar-refractivity contribution in [3.63, 3.8) is 0 Å². The largest absolute Gasteiger partial charge is 0.251 e. The van der Waals surface area contributed by atoms with Gasteiger partial charge < -0.3 is 0 Å². The molecule has 0 N–H and O–H groups in total. The summed E-state index contributed by atoms with van der Waals surface area (Å²) in [6.07, 6.45) is 8.19. The minimum Gasteiger partial charge on any atom is -0.251 e. The summed E-state index contributed by atoms with van der Waals surface area (Å²) in [6.45, 7) is 2.17. The van der Waals surface area contributed by atoms with E-state index in [9.17, 15) is 4.21 Å². The second-order valence-corrected chi connectivity index (χ2v) is 7.02. The van der Waals surface area contributed by atoms with Crippen molar-refractivity contribution in [2.45, 2.75) is 43.7 Å². The van der Waals surface area contributed by atoms with E-state index >= 15 is 0 Å². The first-order chi connectivity index (χ1) is 9.58. The summed E-state index contributed by atoms with van der Waals surface area (Å²) in [5, 5.41) is 5.07. The van der Waals surface area contributed by atoms with Crippen LogP contribution in [0.2, 0.25) is 5.15 Å². The molecule has 1 aliphatic carbocycles. The van der Waals surface area contributed by atoms with Crippen molar-refractivity contribution in [2.75, 3.05) is 6.26 Å². The average Bonchev–Trinajstić information content (AvgIpc) is 3.06. The predicted octanol–water partition coefficient (Wildman–Crippen LogP) is 2.81. The van der Waals surface area contributed by atoms with Crippen LogP contribution in [0.3, 0.4) is 0 Å². The van der Waals surface area contributed by atoms with Crippen molar-refractivity contribution < 1.29 is 4.21 Å². The Kier molecular flexibility index (Phi) is 3.77. The molecule has 1 aliphatic rings. The van der Waals surface area contributed by atoms with Gasteiger partial charge in [0.2, 0.25) is 5.16 Å². The molecule has 2 unspecified atom stereocenters. The van der Waals surface area contributed by atoms with E-state index in [1.54, 1.807) is 17.0 Å². The predicted molar refractivity (Wildman–Crippen MR) is 78.5 cm³/mol. The van der Waals surface area contributed by atoms with Crippen molar-refractivity contribution >= 4 is 27.9 Å². The van der Waals surface area contributed by atoms with E-state index in [-0.39, 0.29) is 0 Å². The molecule has 2 atom stereocenters. The molecule has 7 heteroatoms. The summed E-state index contributed by atoms with van der Waals surface area (Å²) in [6, 6.07) is 0. The van der Waals surface area contributed by atoms with Crippen LogP contribution in [0.15, 0.2) is 11.4 Å². The van der Waals surface area contributed by atoms with Crippen LogP contribution in [0.5, 0.6) is 0 Å². The second-order valence-electron chi connectivity index (χ2n) is 5.39. The fourth-order valence-corrected chi connectivity index (χ4v) is 3.56. The number of rotatable bonds is 3. The van der Waals surface area contributed by atoms with Gasteiger partial charge >= 0.3 is 0 Å². The summed E-state index contributed by atoms with van der Waals surface area (Å²) in [7, 11) is -1.21. The Morgan fingerprint density at radius 2 is 2.15 bits per heavy atom. The highest BCUT2D eigenvalue weighted by molar-refractivity contribution is 7.84. The maximum Gasteiger partial charge on any atom is 0.237 e. The van der Waals surface area contributed by atoms with Gasteiger partial charge in [-0.05, 0) is 18.8 Å². The van der Waals surface area contributed by atoms with Gasteiger partial charge in [0.1, 0.15) is 11.3 Å². The van der Waals surface area contributed by atoms with E-state index < -0.39 is 10.8 Å². The number of fused-ring (bicyclic) bond motifs is 1. The molecule has 108 valence electrons. The van der Waals surface area contributed by atoms with Crippen molar-refractivity contribution in [1.29, 1.82) is 0 Å². The van der Waals surface area contributed by atoms with Gasteiger partial charge in [0.05, 0.1) is 17.0 Å². The number of imidazole rings is 1. The Labute approximate surface area is 125 Å². The van der Waals surface area contributed by atoms with E-state index in [0.717, 1.165) is 5.82 Å². The lowest BCUT2D eigenvalue weighted by Gasteiger charge is -2.17. The topological polar surface area (TPSA) is 60.2 Å². The zero-order chi connectivity index (χ0) is 14.3. The van der Waals surface area contributed by atoms with Crippen LogP contribution in [-0.4, -0.2) is 30.0 Å². The molecular formula is C13H17ClN4OS. The molecular weight excluding hydrogens is 296 g/mol. The van der Waals surface area contributed by atoms with E-state index in [4.69, 9.17) is 11.6 Å². The van der Waals surface area contributed by atoms with Gasteiger partial charge in [-0.25, -0.2) is 14.5 Å². The smallest absolute Gasteiger partial charge is 0.237 e. The fourth-order valence-electron chi connectivity index (χ4n) is 2.95. The van der Waals surface area contributed by atoms with Crippen molar-refractivity contribution in [1.82, 2.24) is 19.6 Å². The Bertz CT molecular complexity index is 666. The van der Waals surface area contributed by atoms with Gasteiger partial charge in [0, 0.05) is 12.2 Å². The number of hydrogen-bond donors (Lipinski definition) is 0. The van der Waals surface area contributed by atoms with Crippen LogP contribution < -0.4 is 0 Å². The monoisotopic (exact) mass is 312 g/mol. The Balaban J connectivity index is 2.09. The summed E-state index contributed by atoms with van der Waals surface area (Å²) in [5.41, 5.74) is 0.681. The average molecular weight is 313 g/mol. The molecule has 3 rings (SSSR count). The van der Waals surface area contributed by atoms with Gasteiger partial charge in [0.25, 0.3) is 0 Å². The molecule has 1 saturated carbocycles. The van der Waals surface area contributed by atoms with Crippen molar-refractivity contribution in [3.05, 3.63) is 17.2 Å². The highest BCUT2D eigenvalue weighted by Crippen LogP contribution is 2.37. The van der Waals surface area contributed by atoms with Crippen LogP contribution in [0.4, 0.5) is 0 Å². The molecule has 0 saturated heterocycles. The summed E-state index contributed by atoms with van der Waals surface area (Å²) >= 11 is 6.17. The molecule has 0 amide bonds. The first-order valence-electron chi connectivity index (χ1n) is 6.82. The van der Waals surface area contributed by atoms with Gasteiger partial charge in [-0.15, -0.1) is 5.10 Å². The lowest BCUT2D eigenvalue weighted by molar-refractivity contribution is 0.436. The van der Waals surface area contributed by atoms with E-state index in [1.807, 2.05) is 0 Å². The Morgan fingerprint density at radius 1 is 1.45 bits per heavy atom. The van der Waals surface area contributed by atoms with E-state index in [1.165, 1.54) is 25.7 Å². The lowest BCUT2D eigenvalue weighted by Crippen LogP contribution is -2.12.